The summed E-state index contributed by atoms with van der Waals surface area (Å²) in [4.78, 5) is 6.83. The number of benzene rings is 2. The van der Waals surface area contributed by atoms with E-state index in [-0.39, 0.29) is 0 Å². The van der Waals surface area contributed by atoms with E-state index in [1.807, 2.05) is 28.6 Å². The zero-order valence-electron chi connectivity index (χ0n) is 15.1. The maximum atomic E-state index is 12.9. The molecule has 0 bridgehead atoms. The minimum Gasteiger partial charge on any atom is -0.371 e. The molecular weight excluding hydrogens is 378 g/mol. The van der Waals surface area contributed by atoms with Crippen molar-refractivity contribution >= 4 is 39.2 Å². The summed E-state index contributed by atoms with van der Waals surface area (Å²) in [6.07, 6.45) is 3.58. The standard InChI is InChI=1S/C21H22ClN3OS/c22-16-5-4-15-12-20(23-19(15)13-16)18-14-17(27(26)25-10-3-11-25)6-7-21(18)24-8-1-2-9-24/h4-7,12-14,23H,1-3,8-11H2. The van der Waals surface area contributed by atoms with Crippen LogP contribution in [0.1, 0.15) is 19.3 Å². The normalized spacial score (nSPS) is 18.8. The number of halogens is 1. The van der Waals surface area contributed by atoms with Gasteiger partial charge in [0.1, 0.15) is 11.0 Å². The Bertz CT molecular complexity index is 1020. The van der Waals surface area contributed by atoms with Crippen molar-refractivity contribution in [1.29, 1.82) is 0 Å². The minimum absolute atomic E-state index is 0.725. The van der Waals surface area contributed by atoms with Gasteiger partial charge in [0.15, 0.2) is 0 Å². The Balaban J connectivity index is 1.62. The van der Waals surface area contributed by atoms with Crippen molar-refractivity contribution in [3.05, 3.63) is 47.5 Å². The summed E-state index contributed by atoms with van der Waals surface area (Å²) < 4.78 is 14.9. The fourth-order valence-electron chi connectivity index (χ4n) is 3.92. The second-order valence-electron chi connectivity index (χ2n) is 7.32. The molecule has 5 rings (SSSR count). The number of rotatable bonds is 4. The molecule has 1 atom stereocenters. The van der Waals surface area contributed by atoms with Gasteiger partial charge in [-0.05, 0) is 55.7 Å². The lowest BCUT2D eigenvalue weighted by atomic mass is 10.1. The van der Waals surface area contributed by atoms with Crippen LogP contribution in [-0.4, -0.2) is 39.7 Å². The molecule has 1 aromatic heterocycles. The molecule has 0 radical (unpaired) electrons. The Morgan fingerprint density at radius 1 is 0.926 bits per heavy atom. The van der Waals surface area contributed by atoms with Crippen molar-refractivity contribution in [2.45, 2.75) is 24.2 Å². The first-order chi connectivity index (χ1) is 13.2. The van der Waals surface area contributed by atoms with E-state index in [1.54, 1.807) is 0 Å². The van der Waals surface area contributed by atoms with Gasteiger partial charge in [0.05, 0.1) is 4.90 Å². The van der Waals surface area contributed by atoms with Gasteiger partial charge in [0.25, 0.3) is 0 Å². The maximum Gasteiger partial charge on any atom is 0.127 e. The Kier molecular flexibility index (Phi) is 4.46. The van der Waals surface area contributed by atoms with Crippen molar-refractivity contribution in [3.63, 3.8) is 0 Å². The molecule has 2 saturated heterocycles. The molecule has 0 aliphatic carbocycles. The largest absolute Gasteiger partial charge is 0.371 e. The molecule has 3 heterocycles. The molecule has 0 spiro atoms. The van der Waals surface area contributed by atoms with Crippen LogP contribution >= 0.6 is 11.6 Å². The predicted octanol–water partition coefficient (Wildman–Crippen LogP) is 4.82. The molecule has 2 fully saturated rings. The van der Waals surface area contributed by atoms with Gasteiger partial charge < -0.3 is 9.88 Å². The topological polar surface area (TPSA) is 39.3 Å². The Hall–Kier alpha value is -1.82. The van der Waals surface area contributed by atoms with Gasteiger partial charge in [-0.1, -0.05) is 17.7 Å². The van der Waals surface area contributed by atoms with Gasteiger partial charge in [-0.15, -0.1) is 0 Å². The first kappa shape index (κ1) is 17.3. The monoisotopic (exact) mass is 399 g/mol. The molecule has 0 amide bonds. The summed E-state index contributed by atoms with van der Waals surface area (Å²) in [6.45, 7) is 3.99. The zero-order valence-corrected chi connectivity index (χ0v) is 16.7. The zero-order chi connectivity index (χ0) is 18.4. The minimum atomic E-state index is -1.08. The number of anilines is 1. The third kappa shape index (κ3) is 3.18. The SMILES string of the molecule is O=S(c1ccc(N2CCCC2)c(-c2cc3ccc(Cl)cc3[nH]2)c1)N1CCC1. The Morgan fingerprint density at radius 3 is 2.48 bits per heavy atom. The van der Waals surface area contributed by atoms with Gasteiger partial charge in [-0.25, -0.2) is 8.51 Å². The molecule has 2 aliphatic heterocycles. The van der Waals surface area contributed by atoms with E-state index >= 15 is 0 Å². The third-order valence-corrected chi connectivity index (χ3v) is 7.27. The number of nitrogens with zero attached hydrogens (tertiary/aromatic N) is 2. The van der Waals surface area contributed by atoms with Crippen molar-refractivity contribution in [3.8, 4) is 11.3 Å². The maximum absolute atomic E-state index is 12.9. The van der Waals surface area contributed by atoms with E-state index < -0.39 is 11.0 Å². The van der Waals surface area contributed by atoms with E-state index in [1.165, 1.54) is 18.5 Å². The van der Waals surface area contributed by atoms with Crippen molar-refractivity contribution in [2.75, 3.05) is 31.1 Å². The molecule has 1 N–H and O–H groups in total. The average molecular weight is 400 g/mol. The smallest absolute Gasteiger partial charge is 0.127 e. The fourth-order valence-corrected chi connectivity index (χ4v) is 5.38. The summed E-state index contributed by atoms with van der Waals surface area (Å²) in [5.41, 5.74) is 4.42. The predicted molar refractivity (Wildman–Crippen MR) is 113 cm³/mol. The van der Waals surface area contributed by atoms with Crippen molar-refractivity contribution < 1.29 is 4.21 Å². The van der Waals surface area contributed by atoms with Gasteiger partial charge in [0.2, 0.25) is 0 Å². The highest BCUT2D eigenvalue weighted by molar-refractivity contribution is 7.82. The van der Waals surface area contributed by atoms with Crippen LogP contribution in [0.3, 0.4) is 0 Å². The molecular formula is C21H22ClN3OS. The van der Waals surface area contributed by atoms with Crippen molar-refractivity contribution in [2.24, 2.45) is 0 Å². The number of fused-ring (bicyclic) bond motifs is 1. The molecule has 2 aliphatic rings. The number of hydrogen-bond donors (Lipinski definition) is 1. The van der Waals surface area contributed by atoms with Crippen LogP contribution in [0.2, 0.25) is 5.02 Å². The highest BCUT2D eigenvalue weighted by Gasteiger charge is 2.24. The summed E-state index contributed by atoms with van der Waals surface area (Å²) >= 11 is 6.16. The molecule has 27 heavy (non-hydrogen) atoms. The Labute approximate surface area is 166 Å². The lowest BCUT2D eigenvalue weighted by Crippen LogP contribution is -2.38. The molecule has 0 saturated carbocycles. The Morgan fingerprint density at radius 2 is 1.74 bits per heavy atom. The first-order valence-electron chi connectivity index (χ1n) is 9.53. The van der Waals surface area contributed by atoms with Gasteiger partial charge in [-0.3, -0.25) is 0 Å². The van der Waals surface area contributed by atoms with Crippen molar-refractivity contribution in [1.82, 2.24) is 9.29 Å². The summed E-state index contributed by atoms with van der Waals surface area (Å²) in [6, 6.07) is 14.4. The molecule has 4 nitrogen and oxygen atoms in total. The third-order valence-electron chi connectivity index (χ3n) is 5.54. The quantitative estimate of drug-likeness (QED) is 0.683. The lowest BCUT2D eigenvalue weighted by molar-refractivity contribution is 0.328. The van der Waals surface area contributed by atoms with Crippen LogP contribution in [0.15, 0.2) is 47.4 Å². The summed E-state index contributed by atoms with van der Waals surface area (Å²) in [5.74, 6) is 0. The first-order valence-corrected chi connectivity index (χ1v) is 11.0. The second-order valence-corrected chi connectivity index (χ2v) is 9.24. The van der Waals surface area contributed by atoms with Crippen LogP contribution in [0, 0.1) is 0 Å². The number of aromatic nitrogens is 1. The van der Waals surface area contributed by atoms with E-state index in [0.717, 1.165) is 64.7 Å². The van der Waals surface area contributed by atoms with Crippen LogP contribution < -0.4 is 4.90 Å². The highest BCUT2D eigenvalue weighted by atomic mass is 35.5. The van der Waals surface area contributed by atoms with Gasteiger partial charge in [0, 0.05) is 59.0 Å². The van der Waals surface area contributed by atoms with Gasteiger partial charge >= 0.3 is 0 Å². The van der Waals surface area contributed by atoms with Crippen LogP contribution in [0.4, 0.5) is 5.69 Å². The molecule has 140 valence electrons. The molecule has 2 aromatic carbocycles. The fraction of sp³-hybridized carbons (Fsp3) is 0.333. The number of hydrogen-bond acceptors (Lipinski definition) is 2. The molecule has 3 aromatic rings. The number of aromatic amines is 1. The van der Waals surface area contributed by atoms with E-state index in [2.05, 4.69) is 28.1 Å². The number of H-pyrrole nitrogens is 1. The second kappa shape index (κ2) is 6.97. The molecule has 1 unspecified atom stereocenters. The van der Waals surface area contributed by atoms with E-state index in [9.17, 15) is 4.21 Å². The van der Waals surface area contributed by atoms with Crippen LogP contribution in [-0.2, 0) is 11.0 Å². The van der Waals surface area contributed by atoms with Crippen LogP contribution in [0.5, 0.6) is 0 Å². The molecule has 6 heteroatoms. The highest BCUT2D eigenvalue weighted by Crippen LogP contribution is 2.36. The summed E-state index contributed by atoms with van der Waals surface area (Å²) in [5, 5.41) is 1.86. The van der Waals surface area contributed by atoms with E-state index in [0.29, 0.717) is 0 Å². The average Bonchev–Trinajstić information content (AvgIpc) is 3.29. The summed E-state index contributed by atoms with van der Waals surface area (Å²) in [7, 11) is -1.08. The number of nitrogens with one attached hydrogen (secondary N) is 1. The van der Waals surface area contributed by atoms with Crippen LogP contribution in [0.25, 0.3) is 22.2 Å². The van der Waals surface area contributed by atoms with E-state index in [4.69, 9.17) is 11.6 Å². The van der Waals surface area contributed by atoms with Gasteiger partial charge in [-0.2, -0.15) is 0 Å². The lowest BCUT2D eigenvalue weighted by Gasteiger charge is -2.29.